The van der Waals surface area contributed by atoms with Crippen LogP contribution in [0.2, 0.25) is 0 Å². The summed E-state index contributed by atoms with van der Waals surface area (Å²) in [6.07, 6.45) is 1.49. The number of hydrogen-bond acceptors (Lipinski definition) is 5. The molecular weight excluding hydrogens is 320 g/mol. The van der Waals surface area contributed by atoms with E-state index in [1.807, 2.05) is 0 Å². The van der Waals surface area contributed by atoms with Gasteiger partial charge in [-0.1, -0.05) is 24.3 Å². The lowest BCUT2D eigenvalue weighted by Crippen LogP contribution is -2.29. The zero-order valence-electron chi connectivity index (χ0n) is 13.7. The number of carbonyl (C=O) groups is 3. The number of carbonyl (C=O) groups excluding carboxylic acids is 3. The van der Waals surface area contributed by atoms with Gasteiger partial charge in [0.25, 0.3) is 0 Å². The molecule has 5 heteroatoms. The Morgan fingerprint density at radius 2 is 1.76 bits per heavy atom. The van der Waals surface area contributed by atoms with Gasteiger partial charge < -0.3 is 9.84 Å². The molecule has 0 saturated heterocycles. The second-order valence-electron chi connectivity index (χ2n) is 6.45. The van der Waals surface area contributed by atoms with Crippen molar-refractivity contribution in [3.05, 3.63) is 63.7 Å². The Bertz CT molecular complexity index is 941. The van der Waals surface area contributed by atoms with Crippen molar-refractivity contribution in [3.63, 3.8) is 0 Å². The molecule has 5 nitrogen and oxygen atoms in total. The third-order valence-electron chi connectivity index (χ3n) is 5.12. The van der Waals surface area contributed by atoms with E-state index in [0.29, 0.717) is 36.0 Å². The van der Waals surface area contributed by atoms with E-state index in [2.05, 4.69) is 0 Å². The van der Waals surface area contributed by atoms with Crippen LogP contribution in [0.25, 0.3) is 0 Å². The van der Waals surface area contributed by atoms with Gasteiger partial charge in [0.1, 0.15) is 5.75 Å². The average Bonchev–Trinajstić information content (AvgIpc) is 2.64. The third-order valence-corrected chi connectivity index (χ3v) is 5.12. The largest absolute Gasteiger partial charge is 0.507 e. The van der Waals surface area contributed by atoms with Gasteiger partial charge in [0.15, 0.2) is 11.6 Å². The molecule has 2 aromatic rings. The van der Waals surface area contributed by atoms with Gasteiger partial charge in [0.05, 0.1) is 18.6 Å². The van der Waals surface area contributed by atoms with Crippen LogP contribution in [0.15, 0.2) is 30.3 Å². The fourth-order valence-corrected chi connectivity index (χ4v) is 3.89. The minimum Gasteiger partial charge on any atom is -0.507 e. The van der Waals surface area contributed by atoms with E-state index in [-0.39, 0.29) is 40.3 Å². The number of ether oxygens (including phenoxy) is 1. The Balaban J connectivity index is 1.93. The second-order valence-corrected chi connectivity index (χ2v) is 6.45. The fourth-order valence-electron chi connectivity index (χ4n) is 3.89. The van der Waals surface area contributed by atoms with Gasteiger partial charge in [-0.05, 0) is 36.5 Å². The summed E-state index contributed by atoms with van der Waals surface area (Å²) in [5.41, 5.74) is 2.43. The van der Waals surface area contributed by atoms with Gasteiger partial charge in [0, 0.05) is 16.7 Å². The van der Waals surface area contributed by atoms with E-state index in [1.165, 1.54) is 7.11 Å². The first-order chi connectivity index (χ1) is 12.0. The summed E-state index contributed by atoms with van der Waals surface area (Å²) >= 11 is 0. The summed E-state index contributed by atoms with van der Waals surface area (Å²) in [6, 6.07) is 8.17. The van der Waals surface area contributed by atoms with Gasteiger partial charge in [-0.2, -0.15) is 0 Å². The highest BCUT2D eigenvalue weighted by atomic mass is 16.5. The molecule has 1 atom stereocenters. The quantitative estimate of drug-likeness (QED) is 0.690. The number of phenols is 1. The first kappa shape index (κ1) is 15.6. The van der Waals surface area contributed by atoms with Crippen LogP contribution in [-0.2, 0) is 22.4 Å². The number of rotatable bonds is 1. The Morgan fingerprint density at radius 3 is 2.40 bits per heavy atom. The maximum Gasteiger partial charge on any atom is 0.309 e. The van der Waals surface area contributed by atoms with Gasteiger partial charge in [0.2, 0.25) is 0 Å². The highest BCUT2D eigenvalue weighted by Crippen LogP contribution is 2.40. The molecule has 0 amide bonds. The molecule has 1 N–H and O–H groups in total. The molecule has 2 aliphatic carbocycles. The lowest BCUT2D eigenvalue weighted by molar-refractivity contribution is -0.145. The predicted octanol–water partition coefficient (Wildman–Crippen LogP) is 2.45. The molecular formula is C20H16O5. The first-order valence-corrected chi connectivity index (χ1v) is 8.17. The predicted molar refractivity (Wildman–Crippen MR) is 88.9 cm³/mol. The highest BCUT2D eigenvalue weighted by Gasteiger charge is 2.37. The number of ketones is 2. The van der Waals surface area contributed by atoms with E-state index in [9.17, 15) is 19.5 Å². The summed E-state index contributed by atoms with van der Waals surface area (Å²) in [6.45, 7) is 0. The number of aryl methyl sites for hydroxylation is 1. The molecule has 2 aliphatic rings. The molecule has 2 aromatic carbocycles. The minimum atomic E-state index is -0.356. The van der Waals surface area contributed by atoms with Crippen molar-refractivity contribution in [2.24, 2.45) is 5.92 Å². The lowest BCUT2D eigenvalue weighted by Gasteiger charge is -2.28. The number of benzene rings is 2. The standard InChI is InChI=1S/C20H16O5/c1-25-20(24)11-7-6-10-9-15(21)17-16(14(10)8-11)18(22)12-4-2-3-5-13(12)19(17)23/h2-5,9,11,21H,6-8H2,1H3. The van der Waals surface area contributed by atoms with E-state index >= 15 is 0 Å². The average molecular weight is 336 g/mol. The van der Waals surface area contributed by atoms with E-state index in [1.54, 1.807) is 30.3 Å². The number of hydrogen-bond donors (Lipinski definition) is 1. The highest BCUT2D eigenvalue weighted by molar-refractivity contribution is 6.30. The molecule has 0 fully saturated rings. The van der Waals surface area contributed by atoms with Crippen molar-refractivity contribution in [2.45, 2.75) is 19.3 Å². The summed E-state index contributed by atoms with van der Waals surface area (Å²) in [5, 5.41) is 10.4. The van der Waals surface area contributed by atoms with Crippen LogP contribution in [0.3, 0.4) is 0 Å². The van der Waals surface area contributed by atoms with Crippen molar-refractivity contribution in [3.8, 4) is 5.75 Å². The zero-order chi connectivity index (χ0) is 17.7. The van der Waals surface area contributed by atoms with Gasteiger partial charge >= 0.3 is 5.97 Å². The first-order valence-electron chi connectivity index (χ1n) is 8.17. The molecule has 4 rings (SSSR count). The van der Waals surface area contributed by atoms with Gasteiger partial charge in [-0.3, -0.25) is 14.4 Å². The minimum absolute atomic E-state index is 0.0490. The normalized spacial score (nSPS) is 18.2. The SMILES string of the molecule is COC(=O)C1CCc2cc(O)c3c(c2C1)C(=O)c1ccccc1C3=O. The van der Waals surface area contributed by atoms with Crippen LogP contribution in [0, 0.1) is 5.92 Å². The lowest BCUT2D eigenvalue weighted by atomic mass is 9.74. The van der Waals surface area contributed by atoms with E-state index in [4.69, 9.17) is 4.74 Å². The summed E-state index contributed by atoms with van der Waals surface area (Å²) in [7, 11) is 1.34. The third kappa shape index (κ3) is 2.19. The number of methoxy groups -OCH3 is 1. The Labute approximate surface area is 144 Å². The summed E-state index contributed by atoms with van der Waals surface area (Å²) in [5.74, 6) is -1.46. The molecule has 0 radical (unpaired) electrons. The van der Waals surface area contributed by atoms with Crippen molar-refractivity contribution < 1.29 is 24.2 Å². The molecule has 0 aliphatic heterocycles. The van der Waals surface area contributed by atoms with Gasteiger partial charge in [-0.15, -0.1) is 0 Å². The smallest absolute Gasteiger partial charge is 0.309 e. The summed E-state index contributed by atoms with van der Waals surface area (Å²) < 4.78 is 4.84. The second kappa shape index (κ2) is 5.55. The number of phenolic OH excluding ortho intramolecular Hbond substituents is 1. The van der Waals surface area contributed by atoms with Crippen LogP contribution >= 0.6 is 0 Å². The maximum atomic E-state index is 13.0. The van der Waals surface area contributed by atoms with Crippen molar-refractivity contribution >= 4 is 17.5 Å². The Morgan fingerprint density at radius 1 is 1.12 bits per heavy atom. The molecule has 0 heterocycles. The van der Waals surface area contributed by atoms with E-state index < -0.39 is 0 Å². The number of esters is 1. The summed E-state index contributed by atoms with van der Waals surface area (Å²) in [4.78, 5) is 37.8. The van der Waals surface area contributed by atoms with Gasteiger partial charge in [-0.25, -0.2) is 0 Å². The topological polar surface area (TPSA) is 80.7 Å². The Hall–Kier alpha value is -2.95. The zero-order valence-corrected chi connectivity index (χ0v) is 13.7. The van der Waals surface area contributed by atoms with Crippen molar-refractivity contribution in [1.82, 2.24) is 0 Å². The van der Waals surface area contributed by atoms with Crippen LogP contribution in [0.5, 0.6) is 5.75 Å². The molecule has 25 heavy (non-hydrogen) atoms. The molecule has 0 bridgehead atoms. The van der Waals surface area contributed by atoms with Crippen LogP contribution in [0.4, 0.5) is 0 Å². The van der Waals surface area contributed by atoms with Crippen molar-refractivity contribution in [2.75, 3.05) is 7.11 Å². The molecule has 0 aromatic heterocycles. The number of aromatic hydroxyl groups is 1. The molecule has 126 valence electrons. The number of fused-ring (bicyclic) bond motifs is 4. The monoisotopic (exact) mass is 336 g/mol. The Kier molecular flexibility index (Phi) is 3.46. The maximum absolute atomic E-state index is 13.0. The molecule has 0 spiro atoms. The van der Waals surface area contributed by atoms with Crippen LogP contribution < -0.4 is 0 Å². The van der Waals surface area contributed by atoms with Crippen molar-refractivity contribution in [1.29, 1.82) is 0 Å². The van der Waals surface area contributed by atoms with E-state index in [0.717, 1.165) is 5.56 Å². The molecule has 1 unspecified atom stereocenters. The molecule has 0 saturated carbocycles. The van der Waals surface area contributed by atoms with Crippen LogP contribution in [0.1, 0.15) is 49.4 Å². The fraction of sp³-hybridized carbons (Fsp3) is 0.250. The van der Waals surface area contributed by atoms with Crippen LogP contribution in [-0.4, -0.2) is 29.8 Å².